The molecule has 1 aromatic heterocycles. The average Bonchev–Trinajstić information content (AvgIpc) is 3.12. The first-order chi connectivity index (χ1) is 8.31. The molecule has 1 saturated carbocycles. The number of hydrogen-bond acceptors (Lipinski definition) is 3. The standard InChI is InChI=1S/C13H16N4/c1-9-15-16-13(17(9)10-7-8-10)11-5-3-4-6-12(11)14-2/h3-6,10,14H,7-8H2,1-2H3. The lowest BCUT2D eigenvalue weighted by Crippen LogP contribution is -2.01. The Morgan fingerprint density at radius 3 is 2.71 bits per heavy atom. The Labute approximate surface area is 101 Å². The maximum absolute atomic E-state index is 4.33. The van der Waals surface area contributed by atoms with Gasteiger partial charge in [0.15, 0.2) is 5.82 Å². The predicted molar refractivity (Wildman–Crippen MR) is 68.0 cm³/mol. The van der Waals surface area contributed by atoms with Crippen molar-refractivity contribution in [3.05, 3.63) is 30.1 Å². The largest absolute Gasteiger partial charge is 0.388 e. The lowest BCUT2D eigenvalue weighted by atomic mass is 10.1. The summed E-state index contributed by atoms with van der Waals surface area (Å²) in [6.07, 6.45) is 2.49. The second-order valence-electron chi connectivity index (χ2n) is 4.47. The SMILES string of the molecule is CNc1ccccc1-c1nnc(C)n1C1CC1. The van der Waals surface area contributed by atoms with Crippen molar-refractivity contribution in [1.82, 2.24) is 14.8 Å². The number of para-hydroxylation sites is 1. The quantitative estimate of drug-likeness (QED) is 0.878. The summed E-state index contributed by atoms with van der Waals surface area (Å²) in [6, 6.07) is 8.83. The first-order valence-electron chi connectivity index (χ1n) is 6.00. The van der Waals surface area contributed by atoms with Gasteiger partial charge in [-0.1, -0.05) is 12.1 Å². The number of anilines is 1. The second kappa shape index (κ2) is 3.87. The van der Waals surface area contributed by atoms with Gasteiger partial charge in [0.2, 0.25) is 0 Å². The molecule has 0 unspecified atom stereocenters. The van der Waals surface area contributed by atoms with Crippen LogP contribution in [0.25, 0.3) is 11.4 Å². The van der Waals surface area contributed by atoms with Crippen molar-refractivity contribution in [3.63, 3.8) is 0 Å². The summed E-state index contributed by atoms with van der Waals surface area (Å²) >= 11 is 0. The summed E-state index contributed by atoms with van der Waals surface area (Å²) in [5.41, 5.74) is 2.23. The summed E-state index contributed by atoms with van der Waals surface area (Å²) in [7, 11) is 1.93. The van der Waals surface area contributed by atoms with Crippen LogP contribution in [0.2, 0.25) is 0 Å². The van der Waals surface area contributed by atoms with Gasteiger partial charge < -0.3 is 9.88 Å². The molecule has 0 spiro atoms. The van der Waals surface area contributed by atoms with Crippen molar-refractivity contribution in [3.8, 4) is 11.4 Å². The van der Waals surface area contributed by atoms with Crippen LogP contribution in [0.1, 0.15) is 24.7 Å². The summed E-state index contributed by atoms with van der Waals surface area (Å²) < 4.78 is 2.26. The molecule has 4 heteroatoms. The molecule has 4 nitrogen and oxygen atoms in total. The maximum atomic E-state index is 4.33. The third-order valence-corrected chi connectivity index (χ3v) is 3.22. The van der Waals surface area contributed by atoms with Gasteiger partial charge in [-0.25, -0.2) is 0 Å². The fraction of sp³-hybridized carbons (Fsp3) is 0.385. The number of rotatable bonds is 3. The molecule has 0 radical (unpaired) electrons. The van der Waals surface area contributed by atoms with E-state index in [0.717, 1.165) is 22.9 Å². The Bertz CT molecular complexity index is 540. The topological polar surface area (TPSA) is 42.7 Å². The van der Waals surface area contributed by atoms with Gasteiger partial charge in [-0.3, -0.25) is 0 Å². The Hall–Kier alpha value is -1.84. The first kappa shape index (κ1) is 10.3. The zero-order chi connectivity index (χ0) is 11.8. The van der Waals surface area contributed by atoms with Gasteiger partial charge in [-0.05, 0) is 31.9 Å². The van der Waals surface area contributed by atoms with Crippen LogP contribution in [0.5, 0.6) is 0 Å². The number of benzene rings is 1. The molecule has 88 valence electrons. The monoisotopic (exact) mass is 228 g/mol. The zero-order valence-corrected chi connectivity index (χ0v) is 10.1. The normalized spacial score (nSPS) is 14.9. The summed E-state index contributed by atoms with van der Waals surface area (Å²) in [5.74, 6) is 1.99. The number of aryl methyl sites for hydroxylation is 1. The molecular weight excluding hydrogens is 212 g/mol. The van der Waals surface area contributed by atoms with E-state index in [0.29, 0.717) is 6.04 Å². The van der Waals surface area contributed by atoms with Crippen LogP contribution < -0.4 is 5.32 Å². The van der Waals surface area contributed by atoms with Crippen LogP contribution in [-0.4, -0.2) is 21.8 Å². The third kappa shape index (κ3) is 1.69. The molecule has 1 aliphatic carbocycles. The maximum Gasteiger partial charge on any atom is 0.166 e. The molecule has 0 atom stereocenters. The molecular formula is C13H16N4. The number of aromatic nitrogens is 3. The van der Waals surface area contributed by atoms with E-state index in [1.807, 2.05) is 26.1 Å². The molecule has 1 N–H and O–H groups in total. The van der Waals surface area contributed by atoms with Crippen LogP contribution in [0.4, 0.5) is 5.69 Å². The number of nitrogens with one attached hydrogen (secondary N) is 1. The van der Waals surface area contributed by atoms with Crippen molar-refractivity contribution in [2.45, 2.75) is 25.8 Å². The van der Waals surface area contributed by atoms with Crippen LogP contribution >= 0.6 is 0 Å². The van der Waals surface area contributed by atoms with Gasteiger partial charge in [0.1, 0.15) is 5.82 Å². The third-order valence-electron chi connectivity index (χ3n) is 3.22. The van der Waals surface area contributed by atoms with Gasteiger partial charge in [0.25, 0.3) is 0 Å². The van der Waals surface area contributed by atoms with E-state index < -0.39 is 0 Å². The van der Waals surface area contributed by atoms with Crippen LogP contribution in [0.15, 0.2) is 24.3 Å². The number of nitrogens with zero attached hydrogens (tertiary/aromatic N) is 3. The van der Waals surface area contributed by atoms with Gasteiger partial charge in [-0.2, -0.15) is 0 Å². The highest BCUT2D eigenvalue weighted by Gasteiger charge is 2.29. The van der Waals surface area contributed by atoms with Gasteiger partial charge >= 0.3 is 0 Å². The summed E-state index contributed by atoms with van der Waals surface area (Å²) in [4.78, 5) is 0. The van der Waals surface area contributed by atoms with Gasteiger partial charge in [-0.15, -0.1) is 10.2 Å². The van der Waals surface area contributed by atoms with Gasteiger partial charge in [0, 0.05) is 24.3 Å². The Morgan fingerprint density at radius 2 is 2.00 bits per heavy atom. The smallest absolute Gasteiger partial charge is 0.166 e. The summed E-state index contributed by atoms with van der Waals surface area (Å²) in [5, 5.41) is 11.8. The Morgan fingerprint density at radius 1 is 1.24 bits per heavy atom. The minimum absolute atomic E-state index is 0.602. The molecule has 0 saturated heterocycles. The van der Waals surface area contributed by atoms with Crippen molar-refractivity contribution >= 4 is 5.69 Å². The fourth-order valence-electron chi connectivity index (χ4n) is 2.22. The minimum atomic E-state index is 0.602. The van der Waals surface area contributed by atoms with Crippen molar-refractivity contribution in [2.24, 2.45) is 0 Å². The minimum Gasteiger partial charge on any atom is -0.388 e. The molecule has 0 bridgehead atoms. The van der Waals surface area contributed by atoms with E-state index in [-0.39, 0.29) is 0 Å². The van der Waals surface area contributed by atoms with Gasteiger partial charge in [0.05, 0.1) is 0 Å². The highest BCUT2D eigenvalue weighted by Crippen LogP contribution is 2.39. The molecule has 17 heavy (non-hydrogen) atoms. The molecule has 1 aliphatic rings. The lowest BCUT2D eigenvalue weighted by molar-refractivity contribution is 0.717. The molecule has 2 aromatic rings. The Balaban J connectivity index is 2.14. The van der Waals surface area contributed by atoms with E-state index in [1.54, 1.807) is 0 Å². The molecule has 0 amide bonds. The molecule has 1 fully saturated rings. The molecule has 1 aromatic carbocycles. The Kier molecular flexibility index (Phi) is 2.35. The second-order valence-corrected chi connectivity index (χ2v) is 4.47. The van der Waals surface area contributed by atoms with E-state index >= 15 is 0 Å². The fourth-order valence-corrected chi connectivity index (χ4v) is 2.22. The van der Waals surface area contributed by atoms with Crippen molar-refractivity contribution < 1.29 is 0 Å². The highest BCUT2D eigenvalue weighted by atomic mass is 15.3. The van der Waals surface area contributed by atoms with Crippen LogP contribution in [-0.2, 0) is 0 Å². The van der Waals surface area contributed by atoms with Crippen molar-refractivity contribution in [2.75, 3.05) is 12.4 Å². The van der Waals surface area contributed by atoms with E-state index in [9.17, 15) is 0 Å². The predicted octanol–water partition coefficient (Wildman–Crippen LogP) is 2.63. The van der Waals surface area contributed by atoms with Crippen LogP contribution in [0, 0.1) is 6.92 Å². The molecule has 1 heterocycles. The van der Waals surface area contributed by atoms with Crippen LogP contribution in [0.3, 0.4) is 0 Å². The van der Waals surface area contributed by atoms with E-state index in [4.69, 9.17) is 0 Å². The lowest BCUT2D eigenvalue weighted by Gasteiger charge is -2.10. The number of hydrogen-bond donors (Lipinski definition) is 1. The highest BCUT2D eigenvalue weighted by molar-refractivity contribution is 5.73. The summed E-state index contributed by atoms with van der Waals surface area (Å²) in [6.45, 7) is 2.02. The molecule has 0 aliphatic heterocycles. The van der Waals surface area contributed by atoms with E-state index in [2.05, 4.69) is 32.2 Å². The first-order valence-corrected chi connectivity index (χ1v) is 6.00. The van der Waals surface area contributed by atoms with Crippen molar-refractivity contribution in [1.29, 1.82) is 0 Å². The van der Waals surface area contributed by atoms with E-state index in [1.165, 1.54) is 12.8 Å². The molecule has 3 rings (SSSR count). The average molecular weight is 228 g/mol. The zero-order valence-electron chi connectivity index (χ0n) is 10.1.